The summed E-state index contributed by atoms with van der Waals surface area (Å²) in [6, 6.07) is 0. The molecule has 0 bridgehead atoms. The van der Waals surface area contributed by atoms with Gasteiger partial charge in [0.1, 0.15) is 13.2 Å². The Balaban J connectivity index is 2.29. The van der Waals surface area contributed by atoms with E-state index in [0.29, 0.717) is 11.8 Å². The molecule has 1 aromatic heterocycles. The van der Waals surface area contributed by atoms with Gasteiger partial charge < -0.3 is 14.3 Å². The zero-order valence-electron chi connectivity index (χ0n) is 8.60. The van der Waals surface area contributed by atoms with Crippen molar-refractivity contribution in [1.82, 2.24) is 10.2 Å². The number of aryl methyl sites for hydroxylation is 1. The maximum absolute atomic E-state index is 10.1. The van der Waals surface area contributed by atoms with Crippen LogP contribution in [0.15, 0.2) is 4.42 Å². The van der Waals surface area contributed by atoms with Crippen LogP contribution in [0.3, 0.4) is 0 Å². The Bertz CT molecular complexity index is 311. The van der Waals surface area contributed by atoms with E-state index in [-0.39, 0.29) is 13.2 Å². The number of aromatic nitrogens is 2. The first kappa shape index (κ1) is 11.6. The van der Waals surface area contributed by atoms with Crippen LogP contribution in [0, 0.1) is 0 Å². The summed E-state index contributed by atoms with van der Waals surface area (Å²) in [6.07, 6.45) is 2.81. The van der Waals surface area contributed by atoms with Gasteiger partial charge in [0.2, 0.25) is 11.8 Å². The Kier molecular flexibility index (Phi) is 4.76. The van der Waals surface area contributed by atoms with Gasteiger partial charge in [0.15, 0.2) is 0 Å². The summed E-state index contributed by atoms with van der Waals surface area (Å²) in [7, 11) is 0. The summed E-state index contributed by atoms with van der Waals surface area (Å²) < 4.78 is 10.0. The lowest BCUT2D eigenvalue weighted by Gasteiger charge is -1.95. The lowest BCUT2D eigenvalue weighted by molar-refractivity contribution is -0.142. The van der Waals surface area contributed by atoms with Gasteiger partial charge in [-0.25, -0.2) is 4.79 Å². The highest BCUT2D eigenvalue weighted by molar-refractivity contribution is 5.67. The number of aliphatic carboxylic acids is 1. The minimum absolute atomic E-state index is 0.0470. The van der Waals surface area contributed by atoms with E-state index in [1.54, 1.807) is 0 Å². The number of carbonyl (C=O) groups is 1. The van der Waals surface area contributed by atoms with Crippen LogP contribution in [-0.2, 0) is 22.6 Å². The van der Waals surface area contributed by atoms with Crippen LogP contribution in [0.5, 0.6) is 0 Å². The van der Waals surface area contributed by atoms with Crippen LogP contribution in [0.4, 0.5) is 0 Å². The first-order valence-corrected chi connectivity index (χ1v) is 4.83. The third-order valence-electron chi connectivity index (χ3n) is 1.70. The van der Waals surface area contributed by atoms with Gasteiger partial charge in [-0.3, -0.25) is 0 Å². The average molecular weight is 214 g/mol. The molecule has 15 heavy (non-hydrogen) atoms. The van der Waals surface area contributed by atoms with Crippen LogP contribution in [0.2, 0.25) is 0 Å². The molecule has 6 nitrogen and oxygen atoms in total. The first-order valence-electron chi connectivity index (χ1n) is 4.83. The molecular weight excluding hydrogens is 200 g/mol. The van der Waals surface area contributed by atoms with E-state index in [4.69, 9.17) is 14.3 Å². The molecule has 0 saturated carbocycles. The van der Waals surface area contributed by atoms with Gasteiger partial charge in [0.25, 0.3) is 0 Å². The minimum atomic E-state index is -1.01. The summed E-state index contributed by atoms with van der Waals surface area (Å²) in [4.78, 5) is 10.1. The standard InChI is InChI=1S/C9H14N2O4/c1-2-3-4-7-10-11-8(15-7)5-14-6-9(12)13/h2-6H2,1H3,(H,12,13). The number of ether oxygens (including phenoxy) is 1. The predicted octanol–water partition coefficient (Wildman–Crippen LogP) is 1.01. The van der Waals surface area contributed by atoms with Crippen molar-refractivity contribution in [2.45, 2.75) is 32.8 Å². The van der Waals surface area contributed by atoms with Crippen molar-refractivity contribution in [3.8, 4) is 0 Å². The molecule has 0 aliphatic carbocycles. The fraction of sp³-hybridized carbons (Fsp3) is 0.667. The Morgan fingerprint density at radius 2 is 2.20 bits per heavy atom. The molecule has 1 rings (SSSR count). The zero-order chi connectivity index (χ0) is 11.1. The van der Waals surface area contributed by atoms with Crippen molar-refractivity contribution in [2.24, 2.45) is 0 Å². The lowest BCUT2D eigenvalue weighted by Crippen LogP contribution is -2.06. The fourth-order valence-electron chi connectivity index (χ4n) is 1.00. The smallest absolute Gasteiger partial charge is 0.329 e. The SMILES string of the molecule is CCCCc1nnc(COCC(=O)O)o1. The van der Waals surface area contributed by atoms with E-state index >= 15 is 0 Å². The highest BCUT2D eigenvalue weighted by atomic mass is 16.5. The summed E-state index contributed by atoms with van der Waals surface area (Å²) in [5.41, 5.74) is 0. The molecule has 1 aromatic rings. The van der Waals surface area contributed by atoms with Gasteiger partial charge in [0, 0.05) is 6.42 Å². The van der Waals surface area contributed by atoms with Crippen LogP contribution in [-0.4, -0.2) is 27.9 Å². The summed E-state index contributed by atoms with van der Waals surface area (Å²) in [6.45, 7) is 1.77. The van der Waals surface area contributed by atoms with E-state index in [1.807, 2.05) is 0 Å². The summed E-state index contributed by atoms with van der Waals surface area (Å²) in [5, 5.41) is 15.9. The molecule has 1 heterocycles. The van der Waals surface area contributed by atoms with Crippen LogP contribution < -0.4 is 0 Å². The number of hydrogen-bond acceptors (Lipinski definition) is 5. The summed E-state index contributed by atoms with van der Waals surface area (Å²) >= 11 is 0. The Hall–Kier alpha value is -1.43. The highest BCUT2D eigenvalue weighted by Crippen LogP contribution is 2.05. The zero-order valence-corrected chi connectivity index (χ0v) is 8.60. The van der Waals surface area contributed by atoms with Gasteiger partial charge in [0.05, 0.1) is 0 Å². The fourth-order valence-corrected chi connectivity index (χ4v) is 1.00. The maximum atomic E-state index is 10.1. The second-order valence-corrected chi connectivity index (χ2v) is 3.08. The van der Waals surface area contributed by atoms with E-state index < -0.39 is 5.97 Å². The van der Waals surface area contributed by atoms with Crippen LogP contribution >= 0.6 is 0 Å². The topological polar surface area (TPSA) is 85.5 Å². The van der Waals surface area contributed by atoms with Crippen molar-refractivity contribution in [1.29, 1.82) is 0 Å². The van der Waals surface area contributed by atoms with Gasteiger partial charge in [-0.1, -0.05) is 13.3 Å². The van der Waals surface area contributed by atoms with Crippen LogP contribution in [0.1, 0.15) is 31.5 Å². The predicted molar refractivity (Wildman–Crippen MR) is 50.2 cm³/mol. The molecule has 0 fully saturated rings. The number of carboxylic acid groups (broad SMARTS) is 1. The molecule has 84 valence electrons. The molecule has 0 aromatic carbocycles. The Morgan fingerprint density at radius 1 is 1.47 bits per heavy atom. The number of hydrogen-bond donors (Lipinski definition) is 1. The van der Waals surface area contributed by atoms with E-state index in [0.717, 1.165) is 19.3 Å². The van der Waals surface area contributed by atoms with Gasteiger partial charge in [-0.05, 0) is 6.42 Å². The average Bonchev–Trinajstić information content (AvgIpc) is 2.62. The lowest BCUT2D eigenvalue weighted by atomic mass is 10.2. The highest BCUT2D eigenvalue weighted by Gasteiger charge is 2.06. The molecule has 6 heteroatoms. The molecule has 0 radical (unpaired) electrons. The Morgan fingerprint density at radius 3 is 2.87 bits per heavy atom. The number of carboxylic acids is 1. The first-order chi connectivity index (χ1) is 7.22. The monoisotopic (exact) mass is 214 g/mol. The summed E-state index contributed by atoms with van der Waals surface area (Å²) in [5.74, 6) is -0.117. The van der Waals surface area contributed by atoms with Gasteiger partial charge in [-0.2, -0.15) is 0 Å². The van der Waals surface area contributed by atoms with Crippen molar-refractivity contribution in [3.63, 3.8) is 0 Å². The molecular formula is C9H14N2O4. The molecule has 0 atom stereocenters. The second-order valence-electron chi connectivity index (χ2n) is 3.08. The third-order valence-corrected chi connectivity index (χ3v) is 1.70. The number of rotatable bonds is 7. The van der Waals surface area contributed by atoms with E-state index in [1.165, 1.54) is 0 Å². The maximum Gasteiger partial charge on any atom is 0.329 e. The molecule has 0 spiro atoms. The number of nitrogens with zero attached hydrogens (tertiary/aromatic N) is 2. The van der Waals surface area contributed by atoms with Crippen molar-refractivity contribution in [3.05, 3.63) is 11.8 Å². The van der Waals surface area contributed by atoms with Crippen LogP contribution in [0.25, 0.3) is 0 Å². The number of unbranched alkanes of at least 4 members (excludes halogenated alkanes) is 1. The molecule has 1 N–H and O–H groups in total. The molecule has 0 saturated heterocycles. The van der Waals surface area contributed by atoms with E-state index in [9.17, 15) is 4.79 Å². The van der Waals surface area contributed by atoms with Crippen molar-refractivity contribution < 1.29 is 19.1 Å². The molecule has 0 aliphatic heterocycles. The quantitative estimate of drug-likeness (QED) is 0.729. The van der Waals surface area contributed by atoms with Gasteiger partial charge >= 0.3 is 5.97 Å². The molecule has 0 amide bonds. The Labute approximate surface area is 87.3 Å². The normalized spacial score (nSPS) is 10.5. The molecule has 0 aliphatic rings. The van der Waals surface area contributed by atoms with E-state index in [2.05, 4.69) is 17.1 Å². The minimum Gasteiger partial charge on any atom is -0.480 e. The largest absolute Gasteiger partial charge is 0.480 e. The molecule has 0 unspecified atom stereocenters. The third kappa shape index (κ3) is 4.55. The van der Waals surface area contributed by atoms with Crippen molar-refractivity contribution in [2.75, 3.05) is 6.61 Å². The second kappa shape index (κ2) is 6.13. The van der Waals surface area contributed by atoms with Crippen molar-refractivity contribution >= 4 is 5.97 Å². The van der Waals surface area contributed by atoms with Gasteiger partial charge in [-0.15, -0.1) is 10.2 Å².